The van der Waals surface area contributed by atoms with E-state index in [9.17, 15) is 15.2 Å². The maximum absolute atomic E-state index is 13.0. The Labute approximate surface area is 143 Å². The molecule has 1 aromatic heterocycles. The molecule has 0 saturated carbocycles. The van der Waals surface area contributed by atoms with Crippen LogP contribution >= 0.6 is 11.3 Å². The highest BCUT2D eigenvalue weighted by molar-refractivity contribution is 7.12. The number of hydrogen-bond acceptors (Lipinski definition) is 6. The minimum Gasteiger partial charge on any atom is -0.622 e. The molecule has 0 saturated heterocycles. The van der Waals surface area contributed by atoms with Crippen molar-refractivity contribution in [3.05, 3.63) is 57.4 Å². The molecule has 1 aromatic carbocycles. The summed E-state index contributed by atoms with van der Waals surface area (Å²) in [7, 11) is 1.54. The third kappa shape index (κ3) is 2.32. The van der Waals surface area contributed by atoms with Crippen molar-refractivity contribution in [1.29, 1.82) is 0 Å². The third-order valence-electron chi connectivity index (χ3n) is 4.38. The Balaban J connectivity index is 2.05. The van der Waals surface area contributed by atoms with Crippen LogP contribution in [0.5, 0.6) is 5.75 Å². The maximum Gasteiger partial charge on any atom is 0.312 e. The summed E-state index contributed by atoms with van der Waals surface area (Å²) < 4.78 is 5.70. The molecule has 2 heterocycles. The number of ether oxygens (including phenoxy) is 1. The largest absolute Gasteiger partial charge is 0.622 e. The minimum absolute atomic E-state index is 0.331. The number of methoxy groups -OCH3 is 1. The molecule has 0 radical (unpaired) electrons. The Bertz CT molecular complexity index is 785. The summed E-state index contributed by atoms with van der Waals surface area (Å²) in [6.45, 7) is 3.14. The van der Waals surface area contributed by atoms with E-state index in [4.69, 9.17) is 4.74 Å². The second-order valence-electron chi connectivity index (χ2n) is 5.76. The number of carbonyl (C=O) groups excluding carboxylic acids is 1. The van der Waals surface area contributed by atoms with Crippen molar-refractivity contribution in [2.45, 2.75) is 25.6 Å². The molecular formula is C17H18N2O4S. The van der Waals surface area contributed by atoms with E-state index in [0.29, 0.717) is 21.8 Å². The normalized spacial score (nSPS) is 24.4. The maximum atomic E-state index is 13.0. The van der Waals surface area contributed by atoms with Crippen LogP contribution in [0.1, 0.15) is 29.1 Å². The van der Waals surface area contributed by atoms with Gasteiger partial charge in [0.05, 0.1) is 12.0 Å². The summed E-state index contributed by atoms with van der Waals surface area (Å²) in [5, 5.41) is 26.1. The number of ketones is 1. The molecule has 7 heteroatoms. The van der Waals surface area contributed by atoms with Crippen LogP contribution in [0, 0.1) is 5.21 Å². The highest BCUT2D eigenvalue weighted by Crippen LogP contribution is 2.32. The molecule has 0 fully saturated rings. The van der Waals surface area contributed by atoms with Gasteiger partial charge < -0.3 is 15.2 Å². The summed E-state index contributed by atoms with van der Waals surface area (Å²) in [4.78, 5) is 13.7. The quantitative estimate of drug-likeness (QED) is 0.523. The lowest BCUT2D eigenvalue weighted by Gasteiger charge is -2.27. The summed E-state index contributed by atoms with van der Waals surface area (Å²) in [5.74, 6) is 0.142. The first kappa shape index (κ1) is 16.6. The van der Waals surface area contributed by atoms with Gasteiger partial charge in [0.2, 0.25) is 5.71 Å². The zero-order valence-corrected chi connectivity index (χ0v) is 14.4. The molecule has 3 rings (SSSR count). The lowest BCUT2D eigenvalue weighted by molar-refractivity contribution is -0.561. The van der Waals surface area contributed by atoms with E-state index in [0.717, 1.165) is 9.94 Å². The second kappa shape index (κ2) is 6.01. The Kier molecular flexibility index (Phi) is 4.16. The van der Waals surface area contributed by atoms with E-state index in [1.54, 1.807) is 37.3 Å². The zero-order chi connectivity index (χ0) is 17.5. The van der Waals surface area contributed by atoms with Crippen LogP contribution in [0.25, 0.3) is 0 Å². The van der Waals surface area contributed by atoms with Gasteiger partial charge in [0.25, 0.3) is 5.78 Å². The molecule has 1 aliphatic rings. The Morgan fingerprint density at radius 3 is 2.58 bits per heavy atom. The average molecular weight is 346 g/mol. The first-order valence-electron chi connectivity index (χ1n) is 7.46. The van der Waals surface area contributed by atoms with Crippen molar-refractivity contribution < 1.29 is 19.5 Å². The molecule has 1 aliphatic heterocycles. The fourth-order valence-electron chi connectivity index (χ4n) is 2.93. The standard InChI is InChI=1S/C17H18N2O4S/c1-11-15(14-5-4-10-24-14)19(22)17(2,18(11)21)16(20)12-6-8-13(23-3)9-7-12/h4-11,21H,1-3H3/t11-,17-/m0/s1. The Hall–Kier alpha value is -2.22. The van der Waals surface area contributed by atoms with Crippen LogP contribution in [-0.4, -0.2) is 45.3 Å². The Morgan fingerprint density at radius 1 is 1.38 bits per heavy atom. The number of Topliss-reactive ketones (excluding diaryl/α,β-unsaturated/α-hetero) is 1. The predicted octanol–water partition coefficient (Wildman–Crippen LogP) is 2.75. The van der Waals surface area contributed by atoms with Gasteiger partial charge >= 0.3 is 5.66 Å². The molecule has 0 spiro atoms. The van der Waals surface area contributed by atoms with Gasteiger partial charge in [-0.3, -0.25) is 4.79 Å². The highest BCUT2D eigenvalue weighted by Gasteiger charge is 2.58. The van der Waals surface area contributed by atoms with Crippen LogP contribution in [0.15, 0.2) is 41.8 Å². The first-order chi connectivity index (χ1) is 11.4. The van der Waals surface area contributed by atoms with Crippen molar-refractivity contribution >= 4 is 22.8 Å². The van der Waals surface area contributed by atoms with E-state index in [1.165, 1.54) is 25.4 Å². The molecule has 2 aromatic rings. The van der Waals surface area contributed by atoms with Crippen molar-refractivity contribution in [2.24, 2.45) is 0 Å². The summed E-state index contributed by atoms with van der Waals surface area (Å²) in [5.41, 5.74) is -0.998. The van der Waals surface area contributed by atoms with E-state index in [-0.39, 0.29) is 0 Å². The van der Waals surface area contributed by atoms with Crippen LogP contribution in [0.2, 0.25) is 0 Å². The smallest absolute Gasteiger partial charge is 0.312 e. The predicted molar refractivity (Wildman–Crippen MR) is 90.9 cm³/mol. The van der Waals surface area contributed by atoms with Gasteiger partial charge in [-0.05, 0) is 42.6 Å². The van der Waals surface area contributed by atoms with Gasteiger partial charge in [0.1, 0.15) is 11.8 Å². The Morgan fingerprint density at radius 2 is 2.04 bits per heavy atom. The molecule has 126 valence electrons. The molecule has 0 unspecified atom stereocenters. The number of hydroxylamine groups is 3. The van der Waals surface area contributed by atoms with Gasteiger partial charge in [-0.25, -0.2) is 0 Å². The van der Waals surface area contributed by atoms with Gasteiger partial charge in [-0.1, -0.05) is 6.07 Å². The van der Waals surface area contributed by atoms with Crippen LogP contribution in [0.3, 0.4) is 0 Å². The topological polar surface area (TPSA) is 75.8 Å². The summed E-state index contributed by atoms with van der Waals surface area (Å²) >= 11 is 1.40. The monoisotopic (exact) mass is 346 g/mol. The fourth-order valence-corrected chi connectivity index (χ4v) is 3.77. The van der Waals surface area contributed by atoms with E-state index >= 15 is 0 Å². The van der Waals surface area contributed by atoms with Gasteiger partial charge in [0.15, 0.2) is 0 Å². The zero-order valence-electron chi connectivity index (χ0n) is 13.6. The van der Waals surface area contributed by atoms with Crippen LogP contribution in [0.4, 0.5) is 0 Å². The number of nitrogens with zero attached hydrogens (tertiary/aromatic N) is 2. The van der Waals surface area contributed by atoms with Gasteiger partial charge in [0, 0.05) is 12.5 Å². The number of rotatable bonds is 4. The molecule has 0 amide bonds. The van der Waals surface area contributed by atoms with Crippen molar-refractivity contribution in [2.75, 3.05) is 7.11 Å². The third-order valence-corrected chi connectivity index (χ3v) is 5.27. The molecule has 0 bridgehead atoms. The number of thiophene rings is 1. The molecular weight excluding hydrogens is 328 g/mol. The first-order valence-corrected chi connectivity index (χ1v) is 8.34. The lowest BCUT2D eigenvalue weighted by Crippen LogP contribution is -2.54. The SMILES string of the molecule is COc1ccc(C(=O)[C@@]2(C)N(O)[C@@H](C)C(c3cccs3)=[N+]2[O-])cc1. The van der Waals surface area contributed by atoms with Crippen LogP contribution < -0.4 is 4.74 Å². The molecule has 6 nitrogen and oxygen atoms in total. The van der Waals surface area contributed by atoms with Crippen molar-refractivity contribution in [1.82, 2.24) is 5.06 Å². The number of carbonyl (C=O) groups is 1. The van der Waals surface area contributed by atoms with Gasteiger partial charge in [-0.15, -0.1) is 16.4 Å². The summed E-state index contributed by atoms with van der Waals surface area (Å²) in [6.07, 6.45) is 0. The molecule has 1 N–H and O–H groups in total. The fraction of sp³-hybridized carbons (Fsp3) is 0.294. The highest BCUT2D eigenvalue weighted by atomic mass is 32.1. The second-order valence-corrected chi connectivity index (χ2v) is 6.70. The molecule has 0 aliphatic carbocycles. The van der Waals surface area contributed by atoms with Gasteiger partial charge in [-0.2, -0.15) is 4.74 Å². The van der Waals surface area contributed by atoms with Crippen molar-refractivity contribution in [3.8, 4) is 5.75 Å². The molecule has 24 heavy (non-hydrogen) atoms. The molecule has 2 atom stereocenters. The van der Waals surface area contributed by atoms with Crippen molar-refractivity contribution in [3.63, 3.8) is 0 Å². The average Bonchev–Trinajstić information content (AvgIpc) is 3.18. The van der Waals surface area contributed by atoms with Crippen LogP contribution in [-0.2, 0) is 0 Å². The minimum atomic E-state index is -1.71. The summed E-state index contributed by atoms with van der Waals surface area (Å²) in [6, 6.07) is 9.51. The van der Waals surface area contributed by atoms with E-state index in [2.05, 4.69) is 0 Å². The lowest BCUT2D eigenvalue weighted by atomic mass is 9.99. The number of benzene rings is 1. The number of hydrogen-bond donors (Lipinski definition) is 1. The van der Waals surface area contributed by atoms with E-state index < -0.39 is 17.5 Å². The van der Waals surface area contributed by atoms with E-state index in [1.807, 2.05) is 11.4 Å².